The van der Waals surface area contributed by atoms with E-state index < -0.39 is 0 Å². The SMILES string of the molecule is CCC(C)C1CN(c2ccc(I)cc2Cl)C(C)CN1. The van der Waals surface area contributed by atoms with Crippen LogP contribution in [0.5, 0.6) is 0 Å². The molecule has 1 aliphatic heterocycles. The lowest BCUT2D eigenvalue weighted by molar-refractivity contribution is 0.316. The summed E-state index contributed by atoms with van der Waals surface area (Å²) in [5.74, 6) is 0.692. The second-order valence-corrected chi connectivity index (χ2v) is 7.15. The third-order valence-electron chi connectivity index (χ3n) is 4.15. The molecule has 19 heavy (non-hydrogen) atoms. The molecule has 0 aromatic heterocycles. The number of benzene rings is 1. The van der Waals surface area contributed by atoms with E-state index >= 15 is 0 Å². The molecule has 0 aliphatic carbocycles. The Morgan fingerprint density at radius 1 is 1.53 bits per heavy atom. The second kappa shape index (κ2) is 6.64. The summed E-state index contributed by atoms with van der Waals surface area (Å²) in [6, 6.07) is 7.37. The van der Waals surface area contributed by atoms with E-state index in [0.717, 1.165) is 18.1 Å². The van der Waals surface area contributed by atoms with E-state index in [1.807, 2.05) is 6.07 Å². The third kappa shape index (κ3) is 3.56. The first-order valence-corrected chi connectivity index (χ1v) is 8.43. The summed E-state index contributed by atoms with van der Waals surface area (Å²) >= 11 is 8.73. The lowest BCUT2D eigenvalue weighted by atomic mass is 9.95. The topological polar surface area (TPSA) is 15.3 Å². The molecule has 1 aromatic carbocycles. The Morgan fingerprint density at radius 3 is 2.89 bits per heavy atom. The largest absolute Gasteiger partial charge is 0.365 e. The minimum absolute atomic E-state index is 0.484. The van der Waals surface area contributed by atoms with Crippen LogP contribution in [0.1, 0.15) is 27.2 Å². The van der Waals surface area contributed by atoms with Crippen molar-refractivity contribution in [2.24, 2.45) is 5.92 Å². The van der Waals surface area contributed by atoms with E-state index in [2.05, 4.69) is 65.7 Å². The summed E-state index contributed by atoms with van der Waals surface area (Å²) in [6.45, 7) is 8.90. The van der Waals surface area contributed by atoms with Crippen molar-refractivity contribution in [1.82, 2.24) is 5.32 Å². The molecule has 1 heterocycles. The molecule has 0 saturated carbocycles. The molecule has 106 valence electrons. The Bertz CT molecular complexity index is 438. The van der Waals surface area contributed by atoms with Crippen molar-refractivity contribution in [3.8, 4) is 0 Å². The molecule has 1 saturated heterocycles. The quantitative estimate of drug-likeness (QED) is 0.777. The summed E-state index contributed by atoms with van der Waals surface area (Å²) in [7, 11) is 0. The Morgan fingerprint density at radius 2 is 2.26 bits per heavy atom. The van der Waals surface area contributed by atoms with Crippen molar-refractivity contribution in [2.75, 3.05) is 18.0 Å². The maximum absolute atomic E-state index is 6.42. The average molecular weight is 393 g/mol. The smallest absolute Gasteiger partial charge is 0.0650 e. The molecule has 2 nitrogen and oxygen atoms in total. The molecule has 3 unspecified atom stereocenters. The molecule has 1 fully saturated rings. The zero-order chi connectivity index (χ0) is 14.0. The van der Waals surface area contributed by atoms with E-state index in [1.165, 1.54) is 15.7 Å². The summed E-state index contributed by atoms with van der Waals surface area (Å²) in [4.78, 5) is 2.45. The zero-order valence-electron chi connectivity index (χ0n) is 11.8. The molecule has 1 N–H and O–H groups in total. The van der Waals surface area contributed by atoms with Crippen LogP contribution in [-0.4, -0.2) is 25.2 Å². The number of nitrogens with zero attached hydrogens (tertiary/aromatic N) is 1. The highest BCUT2D eigenvalue weighted by Crippen LogP contribution is 2.31. The van der Waals surface area contributed by atoms with Crippen LogP contribution >= 0.6 is 34.2 Å². The third-order valence-corrected chi connectivity index (χ3v) is 5.12. The van der Waals surface area contributed by atoms with Crippen LogP contribution in [0.2, 0.25) is 5.02 Å². The van der Waals surface area contributed by atoms with E-state index in [-0.39, 0.29) is 0 Å². The Balaban J connectivity index is 2.21. The van der Waals surface area contributed by atoms with Gasteiger partial charge in [0.05, 0.1) is 10.7 Å². The van der Waals surface area contributed by atoms with Crippen LogP contribution in [0.25, 0.3) is 0 Å². The first-order chi connectivity index (χ1) is 9.02. The van der Waals surface area contributed by atoms with Crippen molar-refractivity contribution in [2.45, 2.75) is 39.3 Å². The highest BCUT2D eigenvalue weighted by molar-refractivity contribution is 14.1. The Hall–Kier alpha value is -0.000000000000000132. The molecule has 3 atom stereocenters. The van der Waals surface area contributed by atoms with E-state index in [4.69, 9.17) is 11.6 Å². The average Bonchev–Trinajstić information content (AvgIpc) is 2.39. The van der Waals surface area contributed by atoms with Crippen molar-refractivity contribution in [3.05, 3.63) is 26.8 Å². The summed E-state index contributed by atoms with van der Waals surface area (Å²) in [5, 5.41) is 4.53. The monoisotopic (exact) mass is 392 g/mol. The normalized spacial score (nSPS) is 25.4. The van der Waals surface area contributed by atoms with Gasteiger partial charge in [-0.1, -0.05) is 31.9 Å². The molecule has 2 rings (SSSR count). The summed E-state index contributed by atoms with van der Waals surface area (Å²) < 4.78 is 1.19. The van der Waals surface area contributed by atoms with Gasteiger partial charge in [0.15, 0.2) is 0 Å². The van der Waals surface area contributed by atoms with E-state index in [0.29, 0.717) is 18.0 Å². The van der Waals surface area contributed by atoms with Crippen LogP contribution < -0.4 is 10.2 Å². The van der Waals surface area contributed by atoms with Gasteiger partial charge in [-0.3, -0.25) is 0 Å². The number of hydrogen-bond acceptors (Lipinski definition) is 2. The molecule has 0 radical (unpaired) electrons. The lowest BCUT2D eigenvalue weighted by Crippen LogP contribution is -2.57. The predicted octanol–water partition coefficient (Wildman–Crippen LogP) is 4.16. The minimum atomic E-state index is 0.484. The fourth-order valence-corrected chi connectivity index (χ4v) is 3.57. The van der Waals surface area contributed by atoms with Crippen LogP contribution in [0.4, 0.5) is 5.69 Å². The highest BCUT2D eigenvalue weighted by atomic mass is 127. The molecular formula is C15H22ClIN2. The first kappa shape index (κ1) is 15.4. The van der Waals surface area contributed by atoms with Gasteiger partial charge in [0, 0.05) is 28.7 Å². The maximum atomic E-state index is 6.42. The first-order valence-electron chi connectivity index (χ1n) is 6.98. The van der Waals surface area contributed by atoms with E-state index in [9.17, 15) is 0 Å². The Labute approximate surface area is 135 Å². The van der Waals surface area contributed by atoms with Crippen LogP contribution in [0.3, 0.4) is 0 Å². The van der Waals surface area contributed by atoms with Gasteiger partial charge in [0.2, 0.25) is 0 Å². The second-order valence-electron chi connectivity index (χ2n) is 5.50. The maximum Gasteiger partial charge on any atom is 0.0650 e. The fourth-order valence-electron chi connectivity index (χ4n) is 2.60. The number of rotatable bonds is 3. The van der Waals surface area contributed by atoms with Gasteiger partial charge in [-0.25, -0.2) is 0 Å². The summed E-state index contributed by atoms with van der Waals surface area (Å²) in [6.07, 6.45) is 1.21. The number of halogens is 2. The molecule has 0 spiro atoms. The number of nitrogens with one attached hydrogen (secondary N) is 1. The van der Waals surface area contributed by atoms with Gasteiger partial charge in [-0.05, 0) is 53.6 Å². The summed E-state index contributed by atoms with van der Waals surface area (Å²) in [5.41, 5.74) is 1.17. The van der Waals surface area contributed by atoms with Crippen LogP contribution in [0.15, 0.2) is 18.2 Å². The molecule has 0 amide bonds. The predicted molar refractivity (Wildman–Crippen MR) is 92.2 cm³/mol. The highest BCUT2D eigenvalue weighted by Gasteiger charge is 2.28. The number of hydrogen-bond donors (Lipinski definition) is 1. The van der Waals surface area contributed by atoms with Crippen molar-refractivity contribution in [3.63, 3.8) is 0 Å². The number of anilines is 1. The van der Waals surface area contributed by atoms with Crippen LogP contribution in [0, 0.1) is 9.49 Å². The van der Waals surface area contributed by atoms with Crippen molar-refractivity contribution in [1.29, 1.82) is 0 Å². The molecule has 0 bridgehead atoms. The molecule has 1 aliphatic rings. The van der Waals surface area contributed by atoms with Gasteiger partial charge in [0.1, 0.15) is 0 Å². The van der Waals surface area contributed by atoms with Crippen molar-refractivity contribution < 1.29 is 0 Å². The molecular weight excluding hydrogens is 371 g/mol. The lowest BCUT2D eigenvalue weighted by Gasteiger charge is -2.42. The van der Waals surface area contributed by atoms with Crippen molar-refractivity contribution >= 4 is 39.9 Å². The number of piperazine rings is 1. The minimum Gasteiger partial charge on any atom is -0.365 e. The van der Waals surface area contributed by atoms with Gasteiger partial charge in [-0.15, -0.1) is 0 Å². The zero-order valence-corrected chi connectivity index (χ0v) is 14.7. The molecule has 1 aromatic rings. The van der Waals surface area contributed by atoms with Gasteiger partial charge in [0.25, 0.3) is 0 Å². The van der Waals surface area contributed by atoms with E-state index in [1.54, 1.807) is 0 Å². The Kier molecular flexibility index (Phi) is 5.37. The fraction of sp³-hybridized carbons (Fsp3) is 0.600. The standard InChI is InChI=1S/C15H22ClIN2/c1-4-10(2)14-9-19(11(3)8-18-14)15-6-5-12(17)7-13(15)16/h5-7,10-11,14,18H,4,8-9H2,1-3H3. The van der Waals surface area contributed by atoms with Gasteiger partial charge >= 0.3 is 0 Å². The van der Waals surface area contributed by atoms with Gasteiger partial charge < -0.3 is 10.2 Å². The van der Waals surface area contributed by atoms with Gasteiger partial charge in [-0.2, -0.15) is 0 Å². The molecule has 4 heteroatoms. The van der Waals surface area contributed by atoms with Crippen LogP contribution in [-0.2, 0) is 0 Å².